The zero-order chi connectivity index (χ0) is 15.4. The Morgan fingerprint density at radius 2 is 2.19 bits per heavy atom. The summed E-state index contributed by atoms with van der Waals surface area (Å²) in [5.74, 6) is -0.192. The predicted octanol–water partition coefficient (Wildman–Crippen LogP) is 3.47. The minimum absolute atomic E-state index is 0.0541. The van der Waals surface area contributed by atoms with E-state index in [1.807, 2.05) is 0 Å². The van der Waals surface area contributed by atoms with Crippen LogP contribution in [-0.4, -0.2) is 29.1 Å². The van der Waals surface area contributed by atoms with Crippen LogP contribution < -0.4 is 0 Å². The number of carbonyl (C=O) groups excluding carboxylic acids is 2. The predicted molar refractivity (Wildman–Crippen MR) is 84.2 cm³/mol. The topological polar surface area (TPSA) is 46.6 Å². The molecule has 0 aromatic heterocycles. The van der Waals surface area contributed by atoms with Gasteiger partial charge in [0, 0.05) is 0 Å². The fraction of sp³-hybridized carbons (Fsp3) is 0.286. The Morgan fingerprint density at radius 1 is 1.43 bits per heavy atom. The summed E-state index contributed by atoms with van der Waals surface area (Å²) in [6.45, 7) is 2.37. The number of hydrogen-bond donors (Lipinski definition) is 0. The summed E-state index contributed by atoms with van der Waals surface area (Å²) >= 11 is 13.2. The number of carbonyl (C=O) groups is 2. The SMILES string of the molecule is CCOC(=O)C=C1SCC(=O)N1Cc1ccc(Cl)c(Cl)c1. The summed E-state index contributed by atoms with van der Waals surface area (Å²) < 4.78 is 4.87. The van der Waals surface area contributed by atoms with Gasteiger partial charge in [0.05, 0.1) is 40.1 Å². The quantitative estimate of drug-likeness (QED) is 0.619. The highest BCUT2D eigenvalue weighted by atomic mass is 35.5. The van der Waals surface area contributed by atoms with Crippen molar-refractivity contribution in [2.45, 2.75) is 13.5 Å². The van der Waals surface area contributed by atoms with E-state index < -0.39 is 5.97 Å². The second-order valence-electron chi connectivity index (χ2n) is 4.25. The van der Waals surface area contributed by atoms with Crippen LogP contribution in [0.1, 0.15) is 12.5 Å². The molecule has 1 amide bonds. The van der Waals surface area contributed by atoms with Crippen molar-refractivity contribution < 1.29 is 14.3 Å². The number of amides is 1. The van der Waals surface area contributed by atoms with Gasteiger partial charge in [-0.25, -0.2) is 4.79 Å². The minimum Gasteiger partial charge on any atom is -0.463 e. The molecular formula is C14H13Cl2NO3S. The van der Waals surface area contributed by atoms with E-state index in [2.05, 4.69) is 0 Å². The van der Waals surface area contributed by atoms with E-state index in [-0.39, 0.29) is 5.91 Å². The van der Waals surface area contributed by atoms with Gasteiger partial charge in [0.1, 0.15) is 0 Å². The molecule has 1 fully saturated rings. The molecule has 1 saturated heterocycles. The summed E-state index contributed by atoms with van der Waals surface area (Å²) in [7, 11) is 0. The number of ether oxygens (including phenoxy) is 1. The first-order chi connectivity index (χ1) is 10.0. The molecule has 7 heteroatoms. The minimum atomic E-state index is -0.450. The molecule has 1 aliphatic rings. The van der Waals surface area contributed by atoms with Gasteiger partial charge in [-0.15, -0.1) is 0 Å². The van der Waals surface area contributed by atoms with E-state index >= 15 is 0 Å². The van der Waals surface area contributed by atoms with Crippen molar-refractivity contribution in [1.29, 1.82) is 0 Å². The molecule has 0 spiro atoms. The van der Waals surface area contributed by atoms with Crippen LogP contribution in [0.3, 0.4) is 0 Å². The molecule has 0 aliphatic carbocycles. The molecule has 1 aromatic rings. The fourth-order valence-electron chi connectivity index (χ4n) is 1.81. The number of nitrogens with zero attached hydrogens (tertiary/aromatic N) is 1. The van der Waals surface area contributed by atoms with Crippen LogP contribution >= 0.6 is 35.0 Å². The first kappa shape index (κ1) is 16.2. The number of esters is 1. The molecule has 0 atom stereocenters. The molecule has 0 saturated carbocycles. The average molecular weight is 346 g/mol. The van der Waals surface area contributed by atoms with Crippen LogP contribution in [0.2, 0.25) is 10.0 Å². The Kier molecular flexibility index (Phi) is 5.56. The third-order valence-electron chi connectivity index (χ3n) is 2.76. The van der Waals surface area contributed by atoms with Gasteiger partial charge < -0.3 is 9.64 Å². The molecule has 1 aliphatic heterocycles. The van der Waals surface area contributed by atoms with E-state index in [4.69, 9.17) is 27.9 Å². The normalized spacial score (nSPS) is 16.6. The number of halogens is 2. The van der Waals surface area contributed by atoms with E-state index in [1.165, 1.54) is 17.8 Å². The highest BCUT2D eigenvalue weighted by Crippen LogP contribution is 2.31. The Balaban J connectivity index is 2.17. The number of benzene rings is 1. The van der Waals surface area contributed by atoms with Crippen LogP contribution in [0.15, 0.2) is 29.3 Å². The molecule has 0 radical (unpaired) electrons. The van der Waals surface area contributed by atoms with Crippen LogP contribution in [0, 0.1) is 0 Å². The number of thioether (sulfide) groups is 1. The van der Waals surface area contributed by atoms with Gasteiger partial charge in [0.2, 0.25) is 5.91 Å². The van der Waals surface area contributed by atoms with Crippen molar-refractivity contribution in [1.82, 2.24) is 4.90 Å². The molecule has 0 N–H and O–H groups in total. The monoisotopic (exact) mass is 345 g/mol. The van der Waals surface area contributed by atoms with Crippen LogP contribution in [-0.2, 0) is 20.9 Å². The van der Waals surface area contributed by atoms with E-state index in [9.17, 15) is 9.59 Å². The van der Waals surface area contributed by atoms with Crippen molar-refractivity contribution in [2.24, 2.45) is 0 Å². The van der Waals surface area contributed by atoms with Gasteiger partial charge in [-0.3, -0.25) is 4.79 Å². The average Bonchev–Trinajstić information content (AvgIpc) is 2.76. The number of hydrogen-bond acceptors (Lipinski definition) is 4. The van der Waals surface area contributed by atoms with Gasteiger partial charge in [0.25, 0.3) is 0 Å². The lowest BCUT2D eigenvalue weighted by molar-refractivity contribution is -0.137. The lowest BCUT2D eigenvalue weighted by Gasteiger charge is -2.17. The maximum absolute atomic E-state index is 11.9. The van der Waals surface area contributed by atoms with E-state index in [1.54, 1.807) is 30.0 Å². The highest BCUT2D eigenvalue weighted by Gasteiger charge is 2.27. The molecule has 0 unspecified atom stereocenters. The number of rotatable bonds is 4. The fourth-order valence-corrected chi connectivity index (χ4v) is 3.06. The Hall–Kier alpha value is -1.17. The molecule has 1 heterocycles. The molecule has 0 bridgehead atoms. The zero-order valence-electron chi connectivity index (χ0n) is 11.3. The molecule has 4 nitrogen and oxygen atoms in total. The van der Waals surface area contributed by atoms with Gasteiger partial charge in [-0.05, 0) is 24.6 Å². The third-order valence-corrected chi connectivity index (χ3v) is 4.53. The van der Waals surface area contributed by atoms with Crippen molar-refractivity contribution in [3.05, 3.63) is 44.9 Å². The lowest BCUT2D eigenvalue weighted by atomic mass is 10.2. The smallest absolute Gasteiger partial charge is 0.333 e. The Morgan fingerprint density at radius 3 is 2.86 bits per heavy atom. The van der Waals surface area contributed by atoms with Crippen molar-refractivity contribution >= 4 is 46.8 Å². The molecule has 21 heavy (non-hydrogen) atoms. The Bertz CT molecular complexity index is 604. The van der Waals surface area contributed by atoms with Gasteiger partial charge in [0.15, 0.2) is 0 Å². The first-order valence-corrected chi connectivity index (χ1v) is 8.01. The zero-order valence-corrected chi connectivity index (χ0v) is 13.6. The maximum Gasteiger partial charge on any atom is 0.333 e. The van der Waals surface area contributed by atoms with Crippen LogP contribution in [0.5, 0.6) is 0 Å². The van der Waals surface area contributed by atoms with E-state index in [0.717, 1.165) is 5.56 Å². The molecule has 112 valence electrons. The summed E-state index contributed by atoms with van der Waals surface area (Å²) in [5, 5.41) is 1.48. The summed E-state index contributed by atoms with van der Waals surface area (Å²) in [6.07, 6.45) is 1.34. The second-order valence-corrected chi connectivity index (χ2v) is 6.06. The van der Waals surface area contributed by atoms with Crippen molar-refractivity contribution in [3.8, 4) is 0 Å². The van der Waals surface area contributed by atoms with Crippen LogP contribution in [0.25, 0.3) is 0 Å². The first-order valence-electron chi connectivity index (χ1n) is 6.26. The molecule has 2 rings (SSSR count). The third kappa shape index (κ3) is 4.15. The molecule has 1 aromatic carbocycles. The van der Waals surface area contributed by atoms with Crippen molar-refractivity contribution in [3.63, 3.8) is 0 Å². The summed E-state index contributed by atoms with van der Waals surface area (Å²) in [5.41, 5.74) is 0.843. The van der Waals surface area contributed by atoms with E-state index in [0.29, 0.717) is 34.0 Å². The largest absolute Gasteiger partial charge is 0.463 e. The lowest BCUT2D eigenvalue weighted by Crippen LogP contribution is -2.24. The van der Waals surface area contributed by atoms with Gasteiger partial charge >= 0.3 is 5.97 Å². The highest BCUT2D eigenvalue weighted by molar-refractivity contribution is 8.04. The summed E-state index contributed by atoms with van der Waals surface area (Å²) in [6, 6.07) is 5.19. The Labute approximate surface area is 137 Å². The molecular weight excluding hydrogens is 333 g/mol. The van der Waals surface area contributed by atoms with Gasteiger partial charge in [-0.2, -0.15) is 0 Å². The van der Waals surface area contributed by atoms with Crippen molar-refractivity contribution in [2.75, 3.05) is 12.4 Å². The second kappa shape index (κ2) is 7.20. The van der Waals surface area contributed by atoms with Gasteiger partial charge in [-0.1, -0.05) is 41.0 Å². The van der Waals surface area contributed by atoms with Crippen LogP contribution in [0.4, 0.5) is 0 Å². The standard InChI is InChI=1S/C14H13Cl2NO3S/c1-2-20-14(19)6-13-17(12(18)8-21-13)7-9-3-4-10(15)11(16)5-9/h3-6H,2,7-8H2,1H3. The summed E-state index contributed by atoms with van der Waals surface area (Å²) in [4.78, 5) is 25.0. The maximum atomic E-state index is 11.9.